The zero-order valence-corrected chi connectivity index (χ0v) is 18.2. The minimum Gasteiger partial charge on any atom is -0.464 e. The first kappa shape index (κ1) is 21.8. The maximum atomic E-state index is 13.4. The molecule has 3 aromatic rings. The third kappa shape index (κ3) is 5.18. The summed E-state index contributed by atoms with van der Waals surface area (Å²) < 4.78 is 5.72. The molecule has 0 saturated carbocycles. The van der Waals surface area contributed by atoms with Crippen LogP contribution >= 0.6 is 0 Å². The van der Waals surface area contributed by atoms with Crippen LogP contribution in [0.5, 0.6) is 0 Å². The molecule has 0 saturated heterocycles. The van der Waals surface area contributed by atoms with Crippen molar-refractivity contribution in [3.63, 3.8) is 0 Å². The van der Waals surface area contributed by atoms with Gasteiger partial charge in [0.25, 0.3) is 0 Å². The average Bonchev–Trinajstić information content (AvgIpc) is 2.76. The summed E-state index contributed by atoms with van der Waals surface area (Å²) >= 11 is 0. The molecular formula is C26H31NO3. The second-order valence-electron chi connectivity index (χ2n) is 8.02. The van der Waals surface area contributed by atoms with E-state index in [4.69, 9.17) is 4.42 Å². The predicted molar refractivity (Wildman–Crippen MR) is 121 cm³/mol. The monoisotopic (exact) mass is 405 g/mol. The van der Waals surface area contributed by atoms with Crippen LogP contribution in [0.25, 0.3) is 11.0 Å². The van der Waals surface area contributed by atoms with Crippen LogP contribution in [0, 0.1) is 12.8 Å². The summed E-state index contributed by atoms with van der Waals surface area (Å²) in [5.41, 5.74) is 3.09. The van der Waals surface area contributed by atoms with Gasteiger partial charge in [-0.1, -0.05) is 68.7 Å². The number of nitrogens with zero attached hydrogens (tertiary/aromatic N) is 1. The minimum atomic E-state index is -0.0626. The van der Waals surface area contributed by atoms with Crippen LogP contribution in [0.3, 0.4) is 0 Å². The smallest absolute Gasteiger partial charge is 0.226 e. The summed E-state index contributed by atoms with van der Waals surface area (Å²) in [5, 5.41) is 0.567. The van der Waals surface area contributed by atoms with Crippen LogP contribution < -0.4 is 5.43 Å². The number of amides is 1. The molecule has 0 spiro atoms. The van der Waals surface area contributed by atoms with Crippen LogP contribution in [-0.4, -0.2) is 10.8 Å². The summed E-state index contributed by atoms with van der Waals surface area (Å²) in [5.74, 6) is 0.0851. The number of hydrogen-bond donors (Lipinski definition) is 0. The lowest BCUT2D eigenvalue weighted by molar-refractivity contribution is -0.137. The molecule has 0 radical (unpaired) electrons. The van der Waals surface area contributed by atoms with E-state index in [0.29, 0.717) is 23.1 Å². The Bertz CT molecular complexity index is 1040. The normalized spacial score (nSPS) is 12.1. The highest BCUT2D eigenvalue weighted by molar-refractivity contribution is 5.80. The first-order valence-corrected chi connectivity index (χ1v) is 10.9. The molecule has 158 valence electrons. The Morgan fingerprint density at radius 1 is 1.07 bits per heavy atom. The number of unbranched alkanes of at least 4 members (excludes halogenated alkanes) is 1. The SMILES string of the molecule is CCCC[C@H](CC)C(=O)N(Cc1ccccc1)Cc1coc2ccc(C)cc2c1=O. The fourth-order valence-corrected chi connectivity index (χ4v) is 3.83. The zero-order valence-electron chi connectivity index (χ0n) is 18.2. The fraction of sp³-hybridized carbons (Fsp3) is 0.385. The van der Waals surface area contributed by atoms with E-state index in [0.717, 1.165) is 36.8 Å². The van der Waals surface area contributed by atoms with Crippen LogP contribution in [0.15, 0.2) is 64.0 Å². The molecule has 0 fully saturated rings. The summed E-state index contributed by atoms with van der Waals surface area (Å²) in [6.45, 7) is 6.89. The van der Waals surface area contributed by atoms with Gasteiger partial charge in [0.15, 0.2) is 5.43 Å². The van der Waals surface area contributed by atoms with E-state index in [1.54, 1.807) is 0 Å². The third-order valence-electron chi connectivity index (χ3n) is 5.64. The number of fused-ring (bicyclic) bond motifs is 1. The van der Waals surface area contributed by atoms with Crippen molar-refractivity contribution in [1.82, 2.24) is 4.90 Å². The summed E-state index contributed by atoms with van der Waals surface area (Å²) in [7, 11) is 0. The maximum absolute atomic E-state index is 13.4. The molecule has 0 aliphatic heterocycles. The molecule has 4 nitrogen and oxygen atoms in total. The van der Waals surface area contributed by atoms with Crippen molar-refractivity contribution in [2.45, 2.75) is 59.5 Å². The highest BCUT2D eigenvalue weighted by atomic mass is 16.3. The van der Waals surface area contributed by atoms with Gasteiger partial charge in [-0.05, 0) is 37.5 Å². The van der Waals surface area contributed by atoms with Crippen molar-refractivity contribution in [3.05, 3.63) is 81.7 Å². The molecule has 0 N–H and O–H groups in total. The molecule has 0 aliphatic carbocycles. The van der Waals surface area contributed by atoms with Gasteiger partial charge in [0.05, 0.1) is 23.8 Å². The lowest BCUT2D eigenvalue weighted by Gasteiger charge is -2.27. The zero-order chi connectivity index (χ0) is 21.5. The van der Waals surface area contributed by atoms with Crippen LogP contribution in [0.1, 0.15) is 56.2 Å². The van der Waals surface area contributed by atoms with Gasteiger partial charge >= 0.3 is 0 Å². The summed E-state index contributed by atoms with van der Waals surface area (Å²) in [6.07, 6.45) is 5.29. The lowest BCUT2D eigenvalue weighted by Crippen LogP contribution is -2.36. The van der Waals surface area contributed by atoms with Gasteiger partial charge in [-0.15, -0.1) is 0 Å². The highest BCUT2D eigenvalue weighted by Gasteiger charge is 2.24. The van der Waals surface area contributed by atoms with E-state index in [1.807, 2.05) is 60.4 Å². The first-order valence-electron chi connectivity index (χ1n) is 10.9. The molecule has 2 aromatic carbocycles. The van der Waals surface area contributed by atoms with E-state index < -0.39 is 0 Å². The van der Waals surface area contributed by atoms with Crippen LogP contribution in [-0.2, 0) is 17.9 Å². The Morgan fingerprint density at radius 3 is 2.53 bits per heavy atom. The molecule has 1 atom stereocenters. The number of hydrogen-bond acceptors (Lipinski definition) is 3. The number of aryl methyl sites for hydroxylation is 1. The topological polar surface area (TPSA) is 50.5 Å². The van der Waals surface area contributed by atoms with E-state index in [-0.39, 0.29) is 23.8 Å². The van der Waals surface area contributed by atoms with Crippen molar-refractivity contribution in [2.75, 3.05) is 0 Å². The maximum Gasteiger partial charge on any atom is 0.226 e. The number of rotatable bonds is 9. The molecule has 4 heteroatoms. The van der Waals surface area contributed by atoms with Gasteiger partial charge in [0.2, 0.25) is 5.91 Å². The number of carbonyl (C=O) groups is 1. The highest BCUT2D eigenvalue weighted by Crippen LogP contribution is 2.20. The van der Waals surface area contributed by atoms with Gasteiger partial charge in [-0.25, -0.2) is 0 Å². The van der Waals surface area contributed by atoms with Gasteiger partial charge in [0, 0.05) is 12.5 Å². The van der Waals surface area contributed by atoms with Crippen molar-refractivity contribution < 1.29 is 9.21 Å². The van der Waals surface area contributed by atoms with Gasteiger partial charge in [0.1, 0.15) is 5.58 Å². The Kier molecular flexibility index (Phi) is 7.45. The predicted octanol–water partition coefficient (Wildman–Crippen LogP) is 5.85. The first-order chi connectivity index (χ1) is 14.5. The Hall–Kier alpha value is -2.88. The minimum absolute atomic E-state index is 0.0246. The second kappa shape index (κ2) is 10.2. The fourth-order valence-electron chi connectivity index (χ4n) is 3.83. The second-order valence-corrected chi connectivity index (χ2v) is 8.02. The van der Waals surface area contributed by atoms with Gasteiger partial charge in [-0.3, -0.25) is 9.59 Å². The Balaban J connectivity index is 1.93. The Labute approximate surface area is 178 Å². The summed E-state index contributed by atoms with van der Waals surface area (Å²) in [6, 6.07) is 15.5. The van der Waals surface area contributed by atoms with Crippen LogP contribution in [0.2, 0.25) is 0 Å². The molecule has 3 rings (SSSR count). The van der Waals surface area contributed by atoms with Crippen molar-refractivity contribution in [1.29, 1.82) is 0 Å². The van der Waals surface area contributed by atoms with Crippen LogP contribution in [0.4, 0.5) is 0 Å². The van der Waals surface area contributed by atoms with E-state index in [2.05, 4.69) is 13.8 Å². The molecule has 1 amide bonds. The lowest BCUT2D eigenvalue weighted by atomic mass is 9.97. The number of carbonyl (C=O) groups excluding carboxylic acids is 1. The molecule has 30 heavy (non-hydrogen) atoms. The third-order valence-corrected chi connectivity index (χ3v) is 5.64. The molecule has 0 bridgehead atoms. The number of benzene rings is 2. The summed E-state index contributed by atoms with van der Waals surface area (Å²) in [4.78, 5) is 28.3. The standard InChI is InChI=1S/C26H31NO3/c1-4-6-12-21(5-2)26(29)27(16-20-10-8-7-9-11-20)17-22-18-30-24-14-13-19(3)15-23(24)25(22)28/h7-11,13-15,18,21H,4-6,12,16-17H2,1-3H3/t21-/m0/s1. The molecule has 1 aromatic heterocycles. The molecule has 0 aliphatic rings. The molecule has 0 unspecified atom stereocenters. The van der Waals surface area contributed by atoms with Crippen molar-refractivity contribution >= 4 is 16.9 Å². The van der Waals surface area contributed by atoms with Crippen molar-refractivity contribution in [2.24, 2.45) is 5.92 Å². The van der Waals surface area contributed by atoms with Crippen molar-refractivity contribution in [3.8, 4) is 0 Å². The average molecular weight is 406 g/mol. The Morgan fingerprint density at radius 2 is 1.83 bits per heavy atom. The molecular weight excluding hydrogens is 374 g/mol. The molecule has 1 heterocycles. The van der Waals surface area contributed by atoms with Gasteiger partial charge < -0.3 is 9.32 Å². The largest absolute Gasteiger partial charge is 0.464 e. The van der Waals surface area contributed by atoms with E-state index in [1.165, 1.54) is 6.26 Å². The van der Waals surface area contributed by atoms with E-state index >= 15 is 0 Å². The quantitative estimate of drug-likeness (QED) is 0.449. The van der Waals surface area contributed by atoms with E-state index in [9.17, 15) is 9.59 Å². The van der Waals surface area contributed by atoms with Gasteiger partial charge in [-0.2, -0.15) is 0 Å².